The number of nitrogens with one attached hydrogen (secondary N) is 2. The Kier molecular flexibility index (Phi) is 5.81. The number of amides is 2. The molecule has 26 heavy (non-hydrogen) atoms. The number of rotatable bonds is 6. The maximum atomic E-state index is 12.4. The lowest BCUT2D eigenvalue weighted by Crippen LogP contribution is -2.56. The van der Waals surface area contributed by atoms with Crippen LogP contribution in [0.5, 0.6) is 0 Å². The van der Waals surface area contributed by atoms with Gasteiger partial charge in [0.05, 0.1) is 12.6 Å². The van der Waals surface area contributed by atoms with Crippen LogP contribution >= 0.6 is 0 Å². The van der Waals surface area contributed by atoms with Crippen molar-refractivity contribution in [2.45, 2.75) is 64.1 Å². The molecular weight excluding hydrogens is 330 g/mol. The first-order valence-corrected chi connectivity index (χ1v) is 9.58. The standard InChI is InChI=1S/C20H29N3O3/c1-3-23(12-19(24)25)16-10-15(11-16)21-20(26)22-18-6-4-5-14-8-7-13(2)9-17(14)18/h7-9,15-16,18H,3-6,10-12H2,1-2H3,(H,24,25)(H2,21,22,26)/t15?,16?,18-/m0/s1. The first-order valence-electron chi connectivity index (χ1n) is 9.58. The van der Waals surface area contributed by atoms with Crippen LogP contribution in [0.3, 0.4) is 0 Å². The van der Waals surface area contributed by atoms with Gasteiger partial charge < -0.3 is 15.7 Å². The number of nitrogens with zero attached hydrogens (tertiary/aromatic N) is 1. The summed E-state index contributed by atoms with van der Waals surface area (Å²) in [6.07, 6.45) is 4.77. The van der Waals surface area contributed by atoms with Crippen molar-refractivity contribution in [1.29, 1.82) is 0 Å². The van der Waals surface area contributed by atoms with Crippen molar-refractivity contribution < 1.29 is 14.7 Å². The molecule has 3 N–H and O–H groups in total. The smallest absolute Gasteiger partial charge is 0.317 e. The Hall–Kier alpha value is -2.08. The van der Waals surface area contributed by atoms with E-state index in [2.05, 4.69) is 35.8 Å². The van der Waals surface area contributed by atoms with E-state index in [0.29, 0.717) is 6.54 Å². The summed E-state index contributed by atoms with van der Waals surface area (Å²) in [6.45, 7) is 4.84. The van der Waals surface area contributed by atoms with Gasteiger partial charge in [0.15, 0.2) is 0 Å². The molecule has 1 aromatic rings. The summed E-state index contributed by atoms with van der Waals surface area (Å²) in [4.78, 5) is 25.3. The van der Waals surface area contributed by atoms with Crippen LogP contribution in [-0.2, 0) is 11.2 Å². The van der Waals surface area contributed by atoms with Crippen molar-refractivity contribution in [3.05, 3.63) is 34.9 Å². The Labute approximate surface area is 155 Å². The number of carbonyl (C=O) groups is 2. The lowest BCUT2D eigenvalue weighted by Gasteiger charge is -2.42. The van der Waals surface area contributed by atoms with Crippen molar-refractivity contribution in [2.24, 2.45) is 0 Å². The van der Waals surface area contributed by atoms with Gasteiger partial charge in [0.25, 0.3) is 0 Å². The minimum absolute atomic E-state index is 0.0678. The highest BCUT2D eigenvalue weighted by Crippen LogP contribution is 2.31. The Bertz CT molecular complexity index is 670. The molecule has 0 bridgehead atoms. The van der Waals surface area contributed by atoms with Crippen molar-refractivity contribution in [1.82, 2.24) is 15.5 Å². The van der Waals surface area contributed by atoms with Crippen LogP contribution in [0.25, 0.3) is 0 Å². The fourth-order valence-corrected chi connectivity index (χ4v) is 4.13. The topological polar surface area (TPSA) is 81.7 Å². The van der Waals surface area contributed by atoms with Crippen molar-refractivity contribution in [2.75, 3.05) is 13.1 Å². The molecule has 0 heterocycles. The summed E-state index contributed by atoms with van der Waals surface area (Å²) < 4.78 is 0. The number of carbonyl (C=O) groups excluding carboxylic acids is 1. The molecule has 1 atom stereocenters. The molecule has 1 aromatic carbocycles. The van der Waals surface area contributed by atoms with E-state index in [1.54, 1.807) is 0 Å². The first-order chi connectivity index (χ1) is 12.5. The van der Waals surface area contributed by atoms with Gasteiger partial charge in [0.2, 0.25) is 0 Å². The van der Waals surface area contributed by atoms with Gasteiger partial charge in [-0.15, -0.1) is 0 Å². The molecule has 2 amide bonds. The quantitative estimate of drug-likeness (QED) is 0.729. The van der Waals surface area contributed by atoms with Crippen molar-refractivity contribution in [3.8, 4) is 0 Å². The first kappa shape index (κ1) is 18.7. The van der Waals surface area contributed by atoms with Crippen LogP contribution < -0.4 is 10.6 Å². The van der Waals surface area contributed by atoms with Gasteiger partial charge in [-0.25, -0.2) is 4.79 Å². The van der Waals surface area contributed by atoms with Crippen LogP contribution in [0.4, 0.5) is 4.79 Å². The molecule has 2 aliphatic rings. The highest BCUT2D eigenvalue weighted by molar-refractivity contribution is 5.75. The molecule has 0 spiro atoms. The molecule has 0 aromatic heterocycles. The normalized spacial score (nSPS) is 24.5. The third kappa shape index (κ3) is 4.36. The number of carboxylic acids is 1. The summed E-state index contributed by atoms with van der Waals surface area (Å²) in [5.74, 6) is -0.799. The SMILES string of the molecule is CCN(CC(=O)O)C1CC(NC(=O)N[C@H]2CCCc3ccc(C)cc32)C1. The number of benzene rings is 1. The molecule has 0 radical (unpaired) electrons. The van der Waals surface area contributed by atoms with Gasteiger partial charge in [-0.1, -0.05) is 30.7 Å². The molecule has 0 unspecified atom stereocenters. The summed E-state index contributed by atoms with van der Waals surface area (Å²) in [5.41, 5.74) is 3.80. The Balaban J connectivity index is 1.49. The van der Waals surface area contributed by atoms with E-state index in [-0.39, 0.29) is 30.7 Å². The molecule has 1 fully saturated rings. The van der Waals surface area contributed by atoms with Crippen molar-refractivity contribution >= 4 is 12.0 Å². The Morgan fingerprint density at radius 2 is 2.04 bits per heavy atom. The number of aryl methyl sites for hydroxylation is 2. The molecule has 2 aliphatic carbocycles. The summed E-state index contributed by atoms with van der Waals surface area (Å²) in [6, 6.07) is 6.83. The van der Waals surface area contributed by atoms with E-state index >= 15 is 0 Å². The average Bonchev–Trinajstić information content (AvgIpc) is 2.56. The van der Waals surface area contributed by atoms with Gasteiger partial charge in [0.1, 0.15) is 0 Å². The second-order valence-corrected chi connectivity index (χ2v) is 7.54. The average molecular weight is 359 g/mol. The zero-order chi connectivity index (χ0) is 18.7. The third-order valence-corrected chi connectivity index (χ3v) is 5.63. The predicted octanol–water partition coefficient (Wildman–Crippen LogP) is 2.61. The lowest BCUT2D eigenvalue weighted by molar-refractivity contribution is -0.139. The summed E-state index contributed by atoms with van der Waals surface area (Å²) in [7, 11) is 0. The van der Waals surface area contributed by atoms with Crippen LogP contribution in [0.2, 0.25) is 0 Å². The van der Waals surface area contributed by atoms with Crippen LogP contribution in [0.1, 0.15) is 55.3 Å². The second kappa shape index (κ2) is 8.08. The van der Waals surface area contributed by atoms with Gasteiger partial charge in [-0.3, -0.25) is 9.69 Å². The molecule has 0 aliphatic heterocycles. The number of aliphatic carboxylic acids is 1. The highest BCUT2D eigenvalue weighted by atomic mass is 16.4. The molecule has 142 valence electrons. The number of carboxylic acid groups (broad SMARTS) is 1. The molecule has 1 saturated carbocycles. The van der Waals surface area contributed by atoms with E-state index in [9.17, 15) is 9.59 Å². The van der Waals surface area contributed by atoms with E-state index in [4.69, 9.17) is 5.11 Å². The van der Waals surface area contributed by atoms with Gasteiger partial charge in [-0.05, 0) is 56.7 Å². The van der Waals surface area contributed by atoms with E-state index in [0.717, 1.165) is 32.1 Å². The number of fused-ring (bicyclic) bond motifs is 1. The van der Waals surface area contributed by atoms with E-state index < -0.39 is 5.97 Å². The highest BCUT2D eigenvalue weighted by Gasteiger charge is 2.35. The molecule has 6 nitrogen and oxygen atoms in total. The lowest BCUT2D eigenvalue weighted by atomic mass is 9.85. The monoisotopic (exact) mass is 359 g/mol. The largest absolute Gasteiger partial charge is 0.480 e. The maximum Gasteiger partial charge on any atom is 0.317 e. The number of hydrogen-bond acceptors (Lipinski definition) is 3. The fourth-order valence-electron chi connectivity index (χ4n) is 4.13. The number of hydrogen-bond donors (Lipinski definition) is 3. The van der Waals surface area contributed by atoms with Crippen LogP contribution in [0, 0.1) is 6.92 Å². The number of urea groups is 1. The molecule has 6 heteroatoms. The summed E-state index contributed by atoms with van der Waals surface area (Å²) >= 11 is 0. The number of likely N-dealkylation sites (N-methyl/N-ethyl adjacent to an activating group) is 1. The van der Waals surface area contributed by atoms with E-state index in [1.807, 2.05) is 11.8 Å². The van der Waals surface area contributed by atoms with Gasteiger partial charge in [0, 0.05) is 12.1 Å². The third-order valence-electron chi connectivity index (χ3n) is 5.63. The van der Waals surface area contributed by atoms with Crippen molar-refractivity contribution in [3.63, 3.8) is 0 Å². The van der Waals surface area contributed by atoms with Gasteiger partial charge >= 0.3 is 12.0 Å². The van der Waals surface area contributed by atoms with Gasteiger partial charge in [-0.2, -0.15) is 0 Å². The minimum atomic E-state index is -0.799. The van der Waals surface area contributed by atoms with Crippen LogP contribution in [0.15, 0.2) is 18.2 Å². The molecule has 0 saturated heterocycles. The van der Waals surface area contributed by atoms with E-state index in [1.165, 1.54) is 16.7 Å². The maximum absolute atomic E-state index is 12.4. The summed E-state index contributed by atoms with van der Waals surface area (Å²) in [5, 5.41) is 15.1. The molecular formula is C20H29N3O3. The second-order valence-electron chi connectivity index (χ2n) is 7.54. The fraction of sp³-hybridized carbons (Fsp3) is 0.600. The predicted molar refractivity (Wildman–Crippen MR) is 100 cm³/mol. The minimum Gasteiger partial charge on any atom is -0.480 e. The Morgan fingerprint density at radius 1 is 1.27 bits per heavy atom. The van der Waals surface area contributed by atoms with Crippen LogP contribution in [-0.4, -0.2) is 47.2 Å². The Morgan fingerprint density at radius 3 is 2.73 bits per heavy atom. The zero-order valence-electron chi connectivity index (χ0n) is 15.6. The zero-order valence-corrected chi connectivity index (χ0v) is 15.6. The molecule has 3 rings (SSSR count).